The molecule has 1 rings (SSSR count). The van der Waals surface area contributed by atoms with Gasteiger partial charge in [0, 0.05) is 19.6 Å². The number of carbonyl (C=O) groups is 1. The van der Waals surface area contributed by atoms with E-state index in [1.165, 1.54) is 5.56 Å². The maximum atomic E-state index is 11.6. The van der Waals surface area contributed by atoms with Crippen molar-refractivity contribution in [2.24, 2.45) is 5.73 Å². The van der Waals surface area contributed by atoms with Gasteiger partial charge in [-0.2, -0.15) is 0 Å². The Morgan fingerprint density at radius 1 is 1.32 bits per heavy atom. The third kappa shape index (κ3) is 5.30. The molecule has 0 fully saturated rings. The third-order valence-corrected chi connectivity index (χ3v) is 3.21. The van der Waals surface area contributed by atoms with Gasteiger partial charge in [-0.05, 0) is 37.5 Å². The third-order valence-electron chi connectivity index (χ3n) is 3.21. The lowest BCUT2D eigenvalue weighted by Crippen LogP contribution is -2.31. The van der Waals surface area contributed by atoms with Crippen molar-refractivity contribution in [1.82, 2.24) is 4.90 Å². The summed E-state index contributed by atoms with van der Waals surface area (Å²) in [5, 5.41) is 0. The normalized spacial score (nSPS) is 12.0. The molecular formula is C15H24N2O2. The van der Waals surface area contributed by atoms with E-state index in [4.69, 9.17) is 10.5 Å². The summed E-state index contributed by atoms with van der Waals surface area (Å²) in [7, 11) is 1.76. The Kier molecular flexibility index (Phi) is 6.36. The molecule has 19 heavy (non-hydrogen) atoms. The highest BCUT2D eigenvalue weighted by molar-refractivity contribution is 5.77. The number of hydrogen-bond donors (Lipinski definition) is 1. The fraction of sp³-hybridized carbons (Fsp3) is 0.533. The highest BCUT2D eigenvalue weighted by atomic mass is 16.5. The monoisotopic (exact) mass is 264 g/mol. The summed E-state index contributed by atoms with van der Waals surface area (Å²) in [6, 6.07) is 7.97. The molecule has 1 amide bonds. The first kappa shape index (κ1) is 15.5. The molecule has 0 aliphatic heterocycles. The number of benzene rings is 1. The SMILES string of the molecule is CCC(N)Cc1ccc(OCC(=O)N(C)CC)cc1. The summed E-state index contributed by atoms with van der Waals surface area (Å²) in [6.07, 6.45) is 1.84. The first-order chi connectivity index (χ1) is 9.06. The molecule has 1 aromatic rings. The highest BCUT2D eigenvalue weighted by Gasteiger charge is 2.07. The number of nitrogens with zero attached hydrogens (tertiary/aromatic N) is 1. The van der Waals surface area contributed by atoms with E-state index in [0.29, 0.717) is 12.3 Å². The maximum Gasteiger partial charge on any atom is 0.260 e. The second kappa shape index (κ2) is 7.79. The zero-order valence-electron chi connectivity index (χ0n) is 12.1. The van der Waals surface area contributed by atoms with Crippen LogP contribution < -0.4 is 10.5 Å². The molecule has 1 atom stereocenters. The molecule has 1 aromatic carbocycles. The summed E-state index contributed by atoms with van der Waals surface area (Å²) in [5.74, 6) is 0.700. The molecule has 0 aromatic heterocycles. The number of hydrogen-bond acceptors (Lipinski definition) is 3. The van der Waals surface area contributed by atoms with E-state index >= 15 is 0 Å². The second-order valence-electron chi connectivity index (χ2n) is 4.71. The Balaban J connectivity index is 2.46. The van der Waals surface area contributed by atoms with Gasteiger partial charge in [-0.1, -0.05) is 19.1 Å². The molecule has 0 heterocycles. The topological polar surface area (TPSA) is 55.6 Å². The predicted molar refractivity (Wildman–Crippen MR) is 77.2 cm³/mol. The molecule has 0 saturated heterocycles. The molecule has 1 unspecified atom stereocenters. The fourth-order valence-corrected chi connectivity index (χ4v) is 1.60. The van der Waals surface area contributed by atoms with E-state index in [0.717, 1.165) is 12.8 Å². The Labute approximate surface area is 115 Å². The molecule has 0 aliphatic rings. The van der Waals surface area contributed by atoms with Gasteiger partial charge in [-0.25, -0.2) is 0 Å². The molecule has 0 saturated carbocycles. The van der Waals surface area contributed by atoms with Crippen LogP contribution in [0, 0.1) is 0 Å². The van der Waals surface area contributed by atoms with Gasteiger partial charge in [0.25, 0.3) is 5.91 Å². The Morgan fingerprint density at radius 2 is 1.95 bits per heavy atom. The summed E-state index contributed by atoms with van der Waals surface area (Å²) in [4.78, 5) is 13.2. The van der Waals surface area contributed by atoms with Gasteiger partial charge in [0.2, 0.25) is 0 Å². The molecule has 0 aliphatic carbocycles. The van der Waals surface area contributed by atoms with Crippen molar-refractivity contribution in [3.8, 4) is 5.75 Å². The number of amides is 1. The molecule has 4 nitrogen and oxygen atoms in total. The molecule has 0 bridgehead atoms. The Hall–Kier alpha value is -1.55. The lowest BCUT2D eigenvalue weighted by atomic mass is 10.0. The van der Waals surface area contributed by atoms with Crippen LogP contribution in [-0.2, 0) is 11.2 Å². The van der Waals surface area contributed by atoms with E-state index in [2.05, 4.69) is 6.92 Å². The molecular weight excluding hydrogens is 240 g/mol. The zero-order chi connectivity index (χ0) is 14.3. The van der Waals surface area contributed by atoms with Crippen LogP contribution in [0.2, 0.25) is 0 Å². The number of nitrogens with two attached hydrogens (primary N) is 1. The van der Waals surface area contributed by atoms with Crippen molar-refractivity contribution in [2.45, 2.75) is 32.7 Å². The van der Waals surface area contributed by atoms with Gasteiger partial charge in [-0.15, -0.1) is 0 Å². The summed E-state index contributed by atoms with van der Waals surface area (Å²) >= 11 is 0. The standard InChI is InChI=1S/C15H24N2O2/c1-4-13(16)10-12-6-8-14(9-7-12)19-11-15(18)17(3)5-2/h6-9,13H,4-5,10-11,16H2,1-3H3. The molecule has 106 valence electrons. The van der Waals surface area contributed by atoms with E-state index < -0.39 is 0 Å². The summed E-state index contributed by atoms with van der Waals surface area (Å²) < 4.78 is 5.45. The predicted octanol–water partition coefficient (Wildman–Crippen LogP) is 1.82. The quantitative estimate of drug-likeness (QED) is 0.817. The average Bonchev–Trinajstić information content (AvgIpc) is 2.45. The van der Waals surface area contributed by atoms with Crippen molar-refractivity contribution in [3.63, 3.8) is 0 Å². The summed E-state index contributed by atoms with van der Waals surface area (Å²) in [5.41, 5.74) is 7.10. The van der Waals surface area contributed by atoms with Gasteiger partial charge in [0.15, 0.2) is 6.61 Å². The van der Waals surface area contributed by atoms with Crippen molar-refractivity contribution < 1.29 is 9.53 Å². The van der Waals surface area contributed by atoms with E-state index in [9.17, 15) is 4.79 Å². The van der Waals surface area contributed by atoms with Crippen LogP contribution in [0.1, 0.15) is 25.8 Å². The lowest BCUT2D eigenvalue weighted by Gasteiger charge is -2.15. The minimum Gasteiger partial charge on any atom is -0.484 e. The largest absolute Gasteiger partial charge is 0.484 e. The minimum absolute atomic E-state index is 0.0143. The van der Waals surface area contributed by atoms with Gasteiger partial charge < -0.3 is 15.4 Å². The number of rotatable bonds is 7. The molecule has 2 N–H and O–H groups in total. The van der Waals surface area contributed by atoms with Crippen LogP contribution in [0.5, 0.6) is 5.75 Å². The van der Waals surface area contributed by atoms with Gasteiger partial charge in [0.1, 0.15) is 5.75 Å². The first-order valence-electron chi connectivity index (χ1n) is 6.78. The summed E-state index contributed by atoms with van der Waals surface area (Å²) in [6.45, 7) is 4.79. The maximum absolute atomic E-state index is 11.6. The van der Waals surface area contributed by atoms with Crippen molar-refractivity contribution >= 4 is 5.91 Å². The van der Waals surface area contributed by atoms with E-state index in [1.54, 1.807) is 11.9 Å². The van der Waals surface area contributed by atoms with Crippen LogP contribution >= 0.6 is 0 Å². The van der Waals surface area contributed by atoms with Crippen LogP contribution in [-0.4, -0.2) is 37.0 Å². The average molecular weight is 264 g/mol. The molecule has 4 heteroatoms. The van der Waals surface area contributed by atoms with Crippen LogP contribution in [0.3, 0.4) is 0 Å². The van der Waals surface area contributed by atoms with Crippen LogP contribution in [0.25, 0.3) is 0 Å². The molecule has 0 spiro atoms. The van der Waals surface area contributed by atoms with Gasteiger partial charge in [0.05, 0.1) is 0 Å². The van der Waals surface area contributed by atoms with Crippen LogP contribution in [0.15, 0.2) is 24.3 Å². The van der Waals surface area contributed by atoms with Crippen LogP contribution in [0.4, 0.5) is 0 Å². The second-order valence-corrected chi connectivity index (χ2v) is 4.71. The van der Waals surface area contributed by atoms with Gasteiger partial charge >= 0.3 is 0 Å². The Morgan fingerprint density at radius 3 is 2.47 bits per heavy atom. The highest BCUT2D eigenvalue weighted by Crippen LogP contribution is 2.13. The minimum atomic E-state index is -0.0143. The number of carbonyl (C=O) groups excluding carboxylic acids is 1. The van der Waals surface area contributed by atoms with E-state index in [1.807, 2.05) is 31.2 Å². The molecule has 0 radical (unpaired) electrons. The Bertz CT molecular complexity index is 390. The number of likely N-dealkylation sites (N-methyl/N-ethyl adjacent to an activating group) is 1. The number of ether oxygens (including phenoxy) is 1. The fourth-order valence-electron chi connectivity index (χ4n) is 1.60. The van der Waals surface area contributed by atoms with E-state index in [-0.39, 0.29) is 18.6 Å². The van der Waals surface area contributed by atoms with Gasteiger partial charge in [-0.3, -0.25) is 4.79 Å². The van der Waals surface area contributed by atoms with Crippen molar-refractivity contribution in [2.75, 3.05) is 20.2 Å². The van der Waals surface area contributed by atoms with Crippen molar-refractivity contribution in [3.05, 3.63) is 29.8 Å². The first-order valence-corrected chi connectivity index (χ1v) is 6.78. The lowest BCUT2D eigenvalue weighted by molar-refractivity contribution is -0.131. The van der Waals surface area contributed by atoms with Crippen molar-refractivity contribution in [1.29, 1.82) is 0 Å². The smallest absolute Gasteiger partial charge is 0.260 e. The zero-order valence-corrected chi connectivity index (χ0v) is 12.1.